The van der Waals surface area contributed by atoms with Gasteiger partial charge in [-0.15, -0.1) is 12.4 Å². The molecule has 3 aliphatic heterocycles. The Morgan fingerprint density at radius 3 is 2.75 bits per heavy atom. The first-order valence-corrected chi connectivity index (χ1v) is 5.99. The Kier molecular flexibility index (Phi) is 3.72. The molecule has 4 nitrogen and oxygen atoms in total. The molecule has 3 heterocycles. The molecule has 5 heteroatoms. The van der Waals surface area contributed by atoms with Gasteiger partial charge in [-0.2, -0.15) is 0 Å². The summed E-state index contributed by atoms with van der Waals surface area (Å²) in [7, 11) is 0. The maximum atomic E-state index is 11.9. The van der Waals surface area contributed by atoms with E-state index in [0.717, 1.165) is 32.4 Å². The third-order valence-electron chi connectivity index (χ3n) is 3.86. The fourth-order valence-electron chi connectivity index (χ4n) is 2.97. The van der Waals surface area contributed by atoms with Crippen molar-refractivity contribution in [3.8, 4) is 0 Å². The predicted octanol–water partition coefficient (Wildman–Crippen LogP) is 0.454. The zero-order valence-electron chi connectivity index (χ0n) is 9.28. The fraction of sp³-hybridized carbons (Fsp3) is 0.909. The molecule has 0 aromatic carbocycles. The average Bonchev–Trinajstić information content (AvgIpc) is 2.95. The minimum absolute atomic E-state index is 0. The van der Waals surface area contributed by atoms with Gasteiger partial charge in [0.1, 0.15) is 0 Å². The van der Waals surface area contributed by atoms with Crippen LogP contribution in [-0.4, -0.2) is 37.2 Å². The van der Waals surface area contributed by atoms with Gasteiger partial charge in [0.2, 0.25) is 5.91 Å². The topological polar surface area (TPSA) is 50.4 Å². The molecule has 3 aliphatic rings. The first-order chi connectivity index (χ1) is 7.33. The molecule has 1 amide bonds. The lowest BCUT2D eigenvalue weighted by Crippen LogP contribution is -2.44. The van der Waals surface area contributed by atoms with Gasteiger partial charge in [-0.05, 0) is 32.2 Å². The fourth-order valence-corrected chi connectivity index (χ4v) is 2.97. The Labute approximate surface area is 102 Å². The van der Waals surface area contributed by atoms with Crippen molar-refractivity contribution in [2.45, 2.75) is 43.9 Å². The van der Waals surface area contributed by atoms with Crippen LogP contribution in [0.25, 0.3) is 0 Å². The molecule has 2 N–H and O–H groups in total. The molecule has 16 heavy (non-hydrogen) atoms. The van der Waals surface area contributed by atoms with Crippen LogP contribution in [0.15, 0.2) is 0 Å². The molecule has 3 fully saturated rings. The average molecular weight is 247 g/mol. The minimum Gasteiger partial charge on any atom is -0.373 e. The van der Waals surface area contributed by atoms with E-state index in [2.05, 4.69) is 10.6 Å². The molecule has 3 rings (SSSR count). The second kappa shape index (κ2) is 4.90. The number of carbonyl (C=O) groups is 1. The van der Waals surface area contributed by atoms with E-state index in [1.54, 1.807) is 0 Å². The monoisotopic (exact) mass is 246 g/mol. The van der Waals surface area contributed by atoms with Crippen LogP contribution in [0.3, 0.4) is 0 Å². The lowest BCUT2D eigenvalue weighted by Gasteiger charge is -2.21. The van der Waals surface area contributed by atoms with E-state index in [0.29, 0.717) is 12.2 Å². The molecule has 0 aliphatic carbocycles. The van der Waals surface area contributed by atoms with Crippen molar-refractivity contribution in [1.82, 2.24) is 10.6 Å². The Morgan fingerprint density at radius 2 is 2.19 bits per heavy atom. The smallest absolute Gasteiger partial charge is 0.224 e. The van der Waals surface area contributed by atoms with Crippen LogP contribution in [0.5, 0.6) is 0 Å². The van der Waals surface area contributed by atoms with Crippen molar-refractivity contribution < 1.29 is 9.53 Å². The van der Waals surface area contributed by atoms with Gasteiger partial charge in [-0.25, -0.2) is 0 Å². The van der Waals surface area contributed by atoms with Gasteiger partial charge in [0.15, 0.2) is 0 Å². The third-order valence-corrected chi connectivity index (χ3v) is 3.86. The van der Waals surface area contributed by atoms with E-state index in [-0.39, 0.29) is 30.3 Å². The van der Waals surface area contributed by atoms with E-state index in [9.17, 15) is 4.79 Å². The second-order valence-corrected chi connectivity index (χ2v) is 4.91. The highest BCUT2D eigenvalue weighted by Gasteiger charge is 2.42. The van der Waals surface area contributed by atoms with E-state index in [1.165, 1.54) is 6.42 Å². The number of carbonyl (C=O) groups excluding carboxylic acids is 1. The van der Waals surface area contributed by atoms with E-state index >= 15 is 0 Å². The number of amides is 1. The minimum atomic E-state index is 0. The summed E-state index contributed by atoms with van der Waals surface area (Å²) in [6.45, 7) is 1.82. The van der Waals surface area contributed by atoms with Crippen molar-refractivity contribution in [2.75, 3.05) is 13.1 Å². The van der Waals surface area contributed by atoms with Crippen molar-refractivity contribution in [1.29, 1.82) is 0 Å². The first-order valence-electron chi connectivity index (χ1n) is 5.99. The van der Waals surface area contributed by atoms with Gasteiger partial charge in [-0.1, -0.05) is 0 Å². The Morgan fingerprint density at radius 1 is 1.31 bits per heavy atom. The lowest BCUT2D eigenvalue weighted by molar-refractivity contribution is -0.125. The molecule has 1 unspecified atom stereocenters. The molecule has 0 aromatic heterocycles. The summed E-state index contributed by atoms with van der Waals surface area (Å²) in [6, 6.07) is 0.289. The number of halogens is 1. The van der Waals surface area contributed by atoms with E-state index < -0.39 is 0 Å². The van der Waals surface area contributed by atoms with Gasteiger partial charge in [0.25, 0.3) is 0 Å². The number of nitrogens with one attached hydrogen (secondary N) is 2. The van der Waals surface area contributed by atoms with Gasteiger partial charge in [-0.3, -0.25) is 4.79 Å². The van der Waals surface area contributed by atoms with Gasteiger partial charge in [0.05, 0.1) is 24.2 Å². The summed E-state index contributed by atoms with van der Waals surface area (Å²) >= 11 is 0. The maximum Gasteiger partial charge on any atom is 0.224 e. The third kappa shape index (κ3) is 2.19. The normalized spacial score (nSPS) is 40.8. The Balaban J connectivity index is 0.000000963. The quantitative estimate of drug-likeness (QED) is 0.744. The first kappa shape index (κ1) is 12.1. The van der Waals surface area contributed by atoms with Crippen LogP contribution < -0.4 is 10.6 Å². The second-order valence-electron chi connectivity index (χ2n) is 4.91. The lowest BCUT2D eigenvalue weighted by atomic mass is 9.95. The number of ether oxygens (including phenoxy) is 1. The van der Waals surface area contributed by atoms with Crippen molar-refractivity contribution in [3.63, 3.8) is 0 Å². The maximum absolute atomic E-state index is 11.9. The number of hydrogen-bond acceptors (Lipinski definition) is 3. The Bertz CT molecular complexity index is 269. The molecule has 0 spiro atoms. The molecular weight excluding hydrogens is 228 g/mol. The molecule has 0 saturated carbocycles. The Hall–Kier alpha value is -0.320. The molecule has 0 radical (unpaired) electrons. The summed E-state index contributed by atoms with van der Waals surface area (Å²) in [5, 5.41) is 6.37. The van der Waals surface area contributed by atoms with Crippen molar-refractivity contribution in [3.05, 3.63) is 0 Å². The summed E-state index contributed by atoms with van der Waals surface area (Å²) in [6.07, 6.45) is 5.03. The van der Waals surface area contributed by atoms with Crippen LogP contribution in [0.1, 0.15) is 25.7 Å². The van der Waals surface area contributed by atoms with Crippen molar-refractivity contribution >= 4 is 18.3 Å². The van der Waals surface area contributed by atoms with Crippen LogP contribution in [0.2, 0.25) is 0 Å². The summed E-state index contributed by atoms with van der Waals surface area (Å²) in [5.74, 6) is 0.408. The van der Waals surface area contributed by atoms with Crippen molar-refractivity contribution in [2.24, 2.45) is 5.92 Å². The zero-order chi connectivity index (χ0) is 10.3. The summed E-state index contributed by atoms with van der Waals surface area (Å²) in [4.78, 5) is 11.9. The number of hydrogen-bond donors (Lipinski definition) is 2. The molecule has 4 atom stereocenters. The largest absolute Gasteiger partial charge is 0.373 e. The van der Waals surface area contributed by atoms with Gasteiger partial charge < -0.3 is 15.4 Å². The molecule has 92 valence electrons. The predicted molar refractivity (Wildman–Crippen MR) is 62.7 cm³/mol. The zero-order valence-corrected chi connectivity index (χ0v) is 10.1. The molecule has 2 bridgehead atoms. The highest BCUT2D eigenvalue weighted by Crippen LogP contribution is 2.34. The molecule has 0 aromatic rings. The summed E-state index contributed by atoms with van der Waals surface area (Å²) < 4.78 is 5.72. The number of rotatable bonds is 2. The van der Waals surface area contributed by atoms with E-state index in [1.807, 2.05) is 0 Å². The SMILES string of the molecule is Cl.O=C(N[C@@H]1C[C@H]2CC[C@@H]1O2)C1CCNC1. The molecular formula is C11H19ClN2O2. The van der Waals surface area contributed by atoms with Gasteiger partial charge >= 0.3 is 0 Å². The van der Waals surface area contributed by atoms with Crippen LogP contribution in [0.4, 0.5) is 0 Å². The highest BCUT2D eigenvalue weighted by atomic mass is 35.5. The van der Waals surface area contributed by atoms with E-state index in [4.69, 9.17) is 4.74 Å². The van der Waals surface area contributed by atoms with Crippen LogP contribution in [-0.2, 0) is 9.53 Å². The van der Waals surface area contributed by atoms with Gasteiger partial charge in [0, 0.05) is 6.54 Å². The van der Waals surface area contributed by atoms with Crippen LogP contribution >= 0.6 is 12.4 Å². The molecule has 3 saturated heterocycles. The number of fused-ring (bicyclic) bond motifs is 2. The summed E-state index contributed by atoms with van der Waals surface area (Å²) in [5.41, 5.74) is 0. The van der Waals surface area contributed by atoms with Crippen LogP contribution in [0, 0.1) is 5.92 Å². The highest BCUT2D eigenvalue weighted by molar-refractivity contribution is 5.85. The standard InChI is InChI=1S/C11H18N2O2.ClH/c14-11(7-3-4-12-6-7)13-9-5-8-1-2-10(9)15-8;/h7-10,12H,1-6H2,(H,13,14);1H/t7?,8-,9-,10+;/m1./s1.